The lowest BCUT2D eigenvalue weighted by Crippen LogP contribution is -2.24. The van der Waals surface area contributed by atoms with E-state index in [0.29, 0.717) is 16.9 Å². The van der Waals surface area contributed by atoms with E-state index in [-0.39, 0.29) is 5.82 Å². The van der Waals surface area contributed by atoms with Crippen LogP contribution in [0.4, 0.5) is 15.9 Å². The minimum absolute atomic E-state index is 0.287. The molecule has 3 N–H and O–H groups in total. The number of nitrogens with one attached hydrogen (secondary N) is 3. The minimum Gasteiger partial charge on any atom is -0.384 e. The normalized spacial score (nSPS) is 15.4. The van der Waals surface area contributed by atoms with Crippen LogP contribution in [-0.4, -0.2) is 40.8 Å². The second-order valence-corrected chi connectivity index (χ2v) is 5.78. The molecule has 0 aliphatic carbocycles. The minimum atomic E-state index is -0.287. The van der Waals surface area contributed by atoms with E-state index in [9.17, 15) is 4.39 Å². The van der Waals surface area contributed by atoms with Gasteiger partial charge in [0.05, 0.1) is 11.9 Å². The van der Waals surface area contributed by atoms with Crippen molar-refractivity contribution in [2.45, 2.75) is 6.42 Å². The second-order valence-electron chi connectivity index (χ2n) is 5.78. The number of aromatic nitrogens is 3. The fourth-order valence-corrected chi connectivity index (χ4v) is 2.83. The van der Waals surface area contributed by atoms with Gasteiger partial charge < -0.3 is 16.0 Å². The fraction of sp³-hybridized carbons (Fsp3) is 0.294. The molecule has 0 saturated heterocycles. The maximum absolute atomic E-state index is 14.4. The molecule has 0 atom stereocenters. The van der Waals surface area contributed by atoms with Crippen LogP contribution in [0.3, 0.4) is 0 Å². The Balaban J connectivity index is 1.82. The van der Waals surface area contributed by atoms with E-state index < -0.39 is 0 Å². The van der Waals surface area contributed by atoms with Crippen molar-refractivity contribution in [1.82, 2.24) is 19.9 Å². The molecule has 1 aliphatic rings. The van der Waals surface area contributed by atoms with Crippen molar-refractivity contribution in [3.63, 3.8) is 0 Å². The van der Waals surface area contributed by atoms with Gasteiger partial charge in [0.15, 0.2) is 5.65 Å². The maximum Gasteiger partial charge on any atom is 0.154 e. The molecule has 0 saturated carbocycles. The van der Waals surface area contributed by atoms with Crippen molar-refractivity contribution in [3.05, 3.63) is 42.3 Å². The molecule has 1 aromatic carbocycles. The summed E-state index contributed by atoms with van der Waals surface area (Å²) in [7, 11) is 0. The number of hydrogen-bond donors (Lipinski definition) is 3. The molecule has 0 amide bonds. The summed E-state index contributed by atoms with van der Waals surface area (Å²) in [6, 6.07) is 8.81. The number of nitrogens with zero attached hydrogens (tertiary/aromatic N) is 3. The smallest absolute Gasteiger partial charge is 0.154 e. The number of halogens is 1. The first kappa shape index (κ1) is 14.9. The predicted octanol–water partition coefficient (Wildman–Crippen LogP) is 2.35. The van der Waals surface area contributed by atoms with Crippen LogP contribution in [-0.2, 0) is 0 Å². The third-order valence-electron chi connectivity index (χ3n) is 4.07. The van der Waals surface area contributed by atoms with Gasteiger partial charge in [-0.25, -0.2) is 13.9 Å². The summed E-state index contributed by atoms with van der Waals surface area (Å²) < 4.78 is 16.1. The average Bonchev–Trinajstić information content (AvgIpc) is 3.01. The molecule has 0 unspecified atom stereocenters. The van der Waals surface area contributed by atoms with Gasteiger partial charge in [0, 0.05) is 30.9 Å². The summed E-state index contributed by atoms with van der Waals surface area (Å²) >= 11 is 0. The summed E-state index contributed by atoms with van der Waals surface area (Å²) in [5.74, 6) is 0.469. The van der Waals surface area contributed by atoms with E-state index >= 15 is 0 Å². The third-order valence-corrected chi connectivity index (χ3v) is 4.07. The van der Waals surface area contributed by atoms with E-state index in [0.717, 1.165) is 44.1 Å². The van der Waals surface area contributed by atoms with Gasteiger partial charge in [-0.2, -0.15) is 0 Å². The highest BCUT2D eigenvalue weighted by atomic mass is 19.1. The summed E-state index contributed by atoms with van der Waals surface area (Å²) in [4.78, 5) is 4.34. The molecule has 7 heteroatoms. The fourth-order valence-electron chi connectivity index (χ4n) is 2.83. The molecular formula is C17H19FN6. The van der Waals surface area contributed by atoms with Crippen molar-refractivity contribution in [1.29, 1.82) is 0 Å². The van der Waals surface area contributed by atoms with Crippen LogP contribution in [0, 0.1) is 5.82 Å². The van der Waals surface area contributed by atoms with Crippen molar-refractivity contribution in [3.8, 4) is 11.3 Å². The molecule has 24 heavy (non-hydrogen) atoms. The Labute approximate surface area is 139 Å². The van der Waals surface area contributed by atoms with E-state index in [1.54, 1.807) is 22.8 Å². The van der Waals surface area contributed by atoms with E-state index in [2.05, 4.69) is 26.0 Å². The summed E-state index contributed by atoms with van der Waals surface area (Å²) in [5, 5.41) is 14.6. The SMILES string of the molecule is Fc1ccc2cc1-c1cnc3ccc(nn13)NCCCNCCN2. The Morgan fingerprint density at radius 3 is 2.92 bits per heavy atom. The molecule has 4 rings (SSSR count). The number of imidazole rings is 1. The zero-order chi connectivity index (χ0) is 16.4. The average molecular weight is 326 g/mol. The van der Waals surface area contributed by atoms with Crippen LogP contribution < -0.4 is 16.0 Å². The largest absolute Gasteiger partial charge is 0.384 e. The summed E-state index contributed by atoms with van der Waals surface area (Å²) in [6.07, 6.45) is 2.66. The topological polar surface area (TPSA) is 66.3 Å². The van der Waals surface area contributed by atoms with Crippen molar-refractivity contribution in [2.75, 3.05) is 36.8 Å². The van der Waals surface area contributed by atoms with Gasteiger partial charge in [0.25, 0.3) is 0 Å². The monoisotopic (exact) mass is 326 g/mol. The van der Waals surface area contributed by atoms with Crippen molar-refractivity contribution >= 4 is 17.2 Å². The van der Waals surface area contributed by atoms with Crippen molar-refractivity contribution < 1.29 is 4.39 Å². The van der Waals surface area contributed by atoms with Crippen LogP contribution in [0.1, 0.15) is 6.42 Å². The maximum atomic E-state index is 14.4. The van der Waals surface area contributed by atoms with Crippen molar-refractivity contribution in [2.24, 2.45) is 0 Å². The Morgan fingerprint density at radius 2 is 1.96 bits per heavy atom. The highest BCUT2D eigenvalue weighted by Crippen LogP contribution is 2.26. The van der Waals surface area contributed by atoms with E-state index in [4.69, 9.17) is 0 Å². The van der Waals surface area contributed by atoms with Crippen LogP contribution >= 0.6 is 0 Å². The number of rotatable bonds is 0. The van der Waals surface area contributed by atoms with Gasteiger partial charge in [-0.1, -0.05) is 0 Å². The van der Waals surface area contributed by atoms with Gasteiger partial charge in [-0.3, -0.25) is 0 Å². The van der Waals surface area contributed by atoms with Gasteiger partial charge in [-0.05, 0) is 43.3 Å². The van der Waals surface area contributed by atoms with E-state index in [1.807, 2.05) is 12.1 Å². The summed E-state index contributed by atoms with van der Waals surface area (Å²) in [6.45, 7) is 3.40. The molecule has 2 aromatic heterocycles. The van der Waals surface area contributed by atoms with Gasteiger partial charge in [0.2, 0.25) is 0 Å². The molecule has 3 heterocycles. The number of benzene rings is 1. The second kappa shape index (κ2) is 6.45. The van der Waals surface area contributed by atoms with Crippen LogP contribution in [0.5, 0.6) is 0 Å². The first-order chi connectivity index (χ1) is 11.8. The Hall–Kier alpha value is -2.67. The highest BCUT2D eigenvalue weighted by Gasteiger charge is 2.13. The molecular weight excluding hydrogens is 307 g/mol. The standard InChI is InChI=1S/C17H19FN6/c18-14-3-2-12-10-13(14)15-11-22-17-5-4-16(23-24(15)17)21-7-1-6-19-8-9-20-12/h2-5,10-11,19-20H,1,6-9H2,(H,21,23). The lowest BCUT2D eigenvalue weighted by atomic mass is 10.1. The quantitative estimate of drug-likeness (QED) is 0.592. The number of anilines is 2. The Bertz CT molecular complexity index is 859. The molecule has 124 valence electrons. The highest BCUT2D eigenvalue weighted by molar-refractivity contribution is 5.68. The predicted molar refractivity (Wildman–Crippen MR) is 92.8 cm³/mol. The molecule has 4 bridgehead atoms. The van der Waals surface area contributed by atoms with Gasteiger partial charge in [0.1, 0.15) is 11.6 Å². The molecule has 0 spiro atoms. The third kappa shape index (κ3) is 2.90. The first-order valence-electron chi connectivity index (χ1n) is 8.14. The molecule has 0 radical (unpaired) electrons. The lowest BCUT2D eigenvalue weighted by molar-refractivity contribution is 0.630. The summed E-state index contributed by atoms with van der Waals surface area (Å²) in [5.41, 5.74) is 2.70. The molecule has 1 aliphatic heterocycles. The molecule has 3 aromatic rings. The number of fused-ring (bicyclic) bond motifs is 4. The zero-order valence-corrected chi connectivity index (χ0v) is 13.2. The number of hydrogen-bond acceptors (Lipinski definition) is 5. The lowest BCUT2D eigenvalue weighted by Gasteiger charge is -2.09. The molecule has 6 nitrogen and oxygen atoms in total. The van der Waals surface area contributed by atoms with Crippen LogP contribution in [0.15, 0.2) is 36.5 Å². The van der Waals surface area contributed by atoms with E-state index in [1.165, 1.54) is 6.07 Å². The zero-order valence-electron chi connectivity index (χ0n) is 13.2. The van der Waals surface area contributed by atoms with Crippen LogP contribution in [0.25, 0.3) is 16.9 Å². The Morgan fingerprint density at radius 1 is 1.00 bits per heavy atom. The van der Waals surface area contributed by atoms with Crippen LogP contribution in [0.2, 0.25) is 0 Å². The molecule has 0 fully saturated rings. The van der Waals surface area contributed by atoms with Gasteiger partial charge >= 0.3 is 0 Å². The Kier molecular flexibility index (Phi) is 4.00. The van der Waals surface area contributed by atoms with Gasteiger partial charge in [-0.15, -0.1) is 5.10 Å². The first-order valence-corrected chi connectivity index (χ1v) is 8.14.